The Hall–Kier alpha value is -2.59. The highest BCUT2D eigenvalue weighted by Gasteiger charge is 2.27. The lowest BCUT2D eigenvalue weighted by molar-refractivity contribution is 0.0260. The molecular formula is C21H22O4. The molecule has 0 radical (unpaired) electrons. The number of fused-ring (bicyclic) bond motifs is 1. The van der Waals surface area contributed by atoms with Gasteiger partial charge in [0.25, 0.3) is 0 Å². The fourth-order valence-corrected chi connectivity index (χ4v) is 2.90. The molecule has 4 nitrogen and oxygen atoms in total. The Morgan fingerprint density at radius 2 is 2.04 bits per heavy atom. The first-order valence-corrected chi connectivity index (χ1v) is 8.47. The molecule has 2 aromatic rings. The minimum atomic E-state index is -0.453. The van der Waals surface area contributed by atoms with Crippen molar-refractivity contribution in [2.75, 3.05) is 0 Å². The van der Waals surface area contributed by atoms with Crippen molar-refractivity contribution >= 4 is 5.97 Å². The topological polar surface area (TPSA) is 55.8 Å². The zero-order valence-electron chi connectivity index (χ0n) is 14.2. The number of esters is 1. The lowest BCUT2D eigenvalue weighted by Crippen LogP contribution is -2.27. The van der Waals surface area contributed by atoms with Crippen molar-refractivity contribution in [3.63, 3.8) is 0 Å². The van der Waals surface area contributed by atoms with Crippen LogP contribution in [0.25, 0.3) is 0 Å². The SMILES string of the molecule is C[C@@H](/C=C/C[C@@H]1Cc2cccc(O)c2C(=O)O1)OCc1ccccc1. The number of ether oxygens (including phenoxy) is 2. The Labute approximate surface area is 147 Å². The minimum absolute atomic E-state index is 0.0144. The van der Waals surface area contributed by atoms with Gasteiger partial charge in [0, 0.05) is 12.8 Å². The summed E-state index contributed by atoms with van der Waals surface area (Å²) < 4.78 is 11.2. The highest BCUT2D eigenvalue weighted by atomic mass is 16.5. The third-order valence-corrected chi connectivity index (χ3v) is 4.22. The van der Waals surface area contributed by atoms with Crippen molar-refractivity contribution in [1.82, 2.24) is 0 Å². The lowest BCUT2D eigenvalue weighted by Gasteiger charge is -2.24. The van der Waals surface area contributed by atoms with E-state index in [1.807, 2.05) is 55.5 Å². The molecule has 0 aromatic heterocycles. The zero-order chi connectivity index (χ0) is 17.6. The van der Waals surface area contributed by atoms with E-state index in [-0.39, 0.29) is 18.0 Å². The van der Waals surface area contributed by atoms with E-state index in [2.05, 4.69) is 0 Å². The molecule has 0 bridgehead atoms. The van der Waals surface area contributed by atoms with Crippen molar-refractivity contribution in [2.45, 2.75) is 38.6 Å². The van der Waals surface area contributed by atoms with Crippen molar-refractivity contribution < 1.29 is 19.4 Å². The Morgan fingerprint density at radius 3 is 2.84 bits per heavy atom. The van der Waals surface area contributed by atoms with Crippen LogP contribution in [0, 0.1) is 0 Å². The summed E-state index contributed by atoms with van der Waals surface area (Å²) >= 11 is 0. The van der Waals surface area contributed by atoms with Crippen LogP contribution in [0.1, 0.15) is 34.8 Å². The highest BCUT2D eigenvalue weighted by Crippen LogP contribution is 2.29. The van der Waals surface area contributed by atoms with Crippen molar-refractivity contribution in [3.8, 4) is 5.75 Å². The molecule has 1 aliphatic rings. The molecule has 1 heterocycles. The van der Waals surface area contributed by atoms with Crippen LogP contribution in [0.5, 0.6) is 5.75 Å². The summed E-state index contributed by atoms with van der Waals surface area (Å²) in [5.41, 5.74) is 2.27. The molecule has 2 aromatic carbocycles. The first-order valence-electron chi connectivity index (χ1n) is 8.47. The average molecular weight is 338 g/mol. The molecule has 0 saturated heterocycles. The van der Waals surface area contributed by atoms with Crippen LogP contribution in [0.2, 0.25) is 0 Å². The van der Waals surface area contributed by atoms with Gasteiger partial charge in [-0.3, -0.25) is 0 Å². The highest BCUT2D eigenvalue weighted by molar-refractivity contribution is 5.95. The molecule has 0 unspecified atom stereocenters. The molecule has 0 amide bonds. The van der Waals surface area contributed by atoms with Crippen molar-refractivity contribution in [2.24, 2.45) is 0 Å². The average Bonchev–Trinajstić information content (AvgIpc) is 2.61. The number of aromatic hydroxyl groups is 1. The number of hydrogen-bond donors (Lipinski definition) is 1. The Bertz CT molecular complexity index is 752. The molecule has 130 valence electrons. The number of carbonyl (C=O) groups is 1. The minimum Gasteiger partial charge on any atom is -0.507 e. The maximum absolute atomic E-state index is 12.0. The molecule has 3 rings (SSSR count). The number of carbonyl (C=O) groups excluding carboxylic acids is 1. The molecule has 25 heavy (non-hydrogen) atoms. The molecule has 0 aliphatic carbocycles. The molecule has 0 fully saturated rings. The third-order valence-electron chi connectivity index (χ3n) is 4.22. The summed E-state index contributed by atoms with van der Waals surface area (Å²) in [6, 6.07) is 15.1. The van der Waals surface area contributed by atoms with Crippen LogP contribution in [-0.2, 0) is 22.5 Å². The Morgan fingerprint density at radius 1 is 1.24 bits per heavy atom. The quantitative estimate of drug-likeness (QED) is 0.638. The van der Waals surface area contributed by atoms with Gasteiger partial charge in [-0.1, -0.05) is 54.6 Å². The van der Waals surface area contributed by atoms with Gasteiger partial charge >= 0.3 is 5.97 Å². The van der Waals surface area contributed by atoms with Gasteiger partial charge in [0.2, 0.25) is 0 Å². The van der Waals surface area contributed by atoms with Gasteiger partial charge < -0.3 is 14.6 Å². The number of phenolic OH excluding ortho intramolecular Hbond substituents is 1. The van der Waals surface area contributed by atoms with Gasteiger partial charge in [-0.2, -0.15) is 0 Å². The van der Waals surface area contributed by atoms with Crippen LogP contribution < -0.4 is 0 Å². The monoisotopic (exact) mass is 338 g/mol. The predicted molar refractivity (Wildman–Crippen MR) is 95.5 cm³/mol. The summed E-state index contributed by atoms with van der Waals surface area (Å²) in [7, 11) is 0. The Balaban J connectivity index is 1.50. The summed E-state index contributed by atoms with van der Waals surface area (Å²) in [6.07, 6.45) is 4.98. The standard InChI is InChI=1S/C21H22O4/c1-15(24-14-16-8-3-2-4-9-16)7-5-11-18-13-17-10-6-12-19(22)20(17)21(23)25-18/h2-10,12,15,18,22H,11,13-14H2,1H3/b7-5+/t15-,18+/m0/s1. The van der Waals surface area contributed by atoms with E-state index in [1.54, 1.807) is 6.07 Å². The maximum Gasteiger partial charge on any atom is 0.342 e. The van der Waals surface area contributed by atoms with E-state index in [4.69, 9.17) is 9.47 Å². The number of rotatable bonds is 6. The van der Waals surface area contributed by atoms with Crippen molar-refractivity contribution in [3.05, 3.63) is 77.4 Å². The molecule has 0 spiro atoms. The van der Waals surface area contributed by atoms with Crippen LogP contribution in [-0.4, -0.2) is 23.3 Å². The second-order valence-corrected chi connectivity index (χ2v) is 6.21. The van der Waals surface area contributed by atoms with E-state index in [9.17, 15) is 9.90 Å². The first kappa shape index (κ1) is 17.2. The van der Waals surface area contributed by atoms with E-state index >= 15 is 0 Å². The second kappa shape index (κ2) is 7.99. The smallest absolute Gasteiger partial charge is 0.342 e. The van der Waals surface area contributed by atoms with Crippen LogP contribution in [0.15, 0.2) is 60.7 Å². The molecule has 4 heteroatoms. The van der Waals surface area contributed by atoms with E-state index in [1.165, 1.54) is 6.07 Å². The lowest BCUT2D eigenvalue weighted by atomic mass is 9.96. The fourth-order valence-electron chi connectivity index (χ4n) is 2.90. The van der Waals surface area contributed by atoms with Crippen LogP contribution in [0.4, 0.5) is 0 Å². The Kier molecular flexibility index (Phi) is 5.51. The molecule has 1 aliphatic heterocycles. The van der Waals surface area contributed by atoms with E-state index < -0.39 is 5.97 Å². The fraction of sp³-hybridized carbons (Fsp3) is 0.286. The van der Waals surface area contributed by atoms with Gasteiger partial charge in [-0.15, -0.1) is 0 Å². The zero-order valence-corrected chi connectivity index (χ0v) is 14.2. The molecule has 1 N–H and O–H groups in total. The summed E-state index contributed by atoms with van der Waals surface area (Å²) in [6.45, 7) is 2.55. The van der Waals surface area contributed by atoms with Crippen LogP contribution >= 0.6 is 0 Å². The summed E-state index contributed by atoms with van der Waals surface area (Å²) in [5.74, 6) is -0.467. The number of benzene rings is 2. The van der Waals surface area contributed by atoms with Crippen molar-refractivity contribution in [1.29, 1.82) is 0 Å². The van der Waals surface area contributed by atoms with E-state index in [0.29, 0.717) is 25.0 Å². The normalized spacial score (nSPS) is 18.0. The molecular weight excluding hydrogens is 316 g/mol. The van der Waals surface area contributed by atoms with Gasteiger partial charge in [0.05, 0.1) is 12.7 Å². The number of hydrogen-bond acceptors (Lipinski definition) is 4. The van der Waals surface area contributed by atoms with E-state index in [0.717, 1.165) is 11.1 Å². The van der Waals surface area contributed by atoms with Gasteiger partial charge in [-0.05, 0) is 24.1 Å². The maximum atomic E-state index is 12.0. The van der Waals surface area contributed by atoms with Crippen LogP contribution in [0.3, 0.4) is 0 Å². The van der Waals surface area contributed by atoms with Gasteiger partial charge in [0.15, 0.2) is 0 Å². The number of cyclic esters (lactones) is 1. The predicted octanol–water partition coefficient (Wildman–Crippen LogP) is 4.03. The molecule has 0 saturated carbocycles. The third kappa shape index (κ3) is 4.48. The summed E-state index contributed by atoms with van der Waals surface area (Å²) in [4.78, 5) is 12.0. The largest absolute Gasteiger partial charge is 0.507 e. The number of phenols is 1. The van der Waals surface area contributed by atoms with Gasteiger partial charge in [-0.25, -0.2) is 4.79 Å². The molecule has 2 atom stereocenters. The first-order chi connectivity index (χ1) is 12.1. The summed E-state index contributed by atoms with van der Waals surface area (Å²) in [5, 5.41) is 9.78. The second-order valence-electron chi connectivity index (χ2n) is 6.21. The van der Waals surface area contributed by atoms with Gasteiger partial charge in [0.1, 0.15) is 17.4 Å².